The number of ketones is 1. The van der Waals surface area contributed by atoms with E-state index >= 15 is 0 Å². The first-order chi connectivity index (χ1) is 14.2. The van der Waals surface area contributed by atoms with Gasteiger partial charge in [0.1, 0.15) is 11.5 Å². The first-order valence-corrected chi connectivity index (χ1v) is 9.82. The molecule has 0 aliphatic rings. The predicted molar refractivity (Wildman–Crippen MR) is 113 cm³/mol. The second-order valence-corrected chi connectivity index (χ2v) is 6.69. The molecular weight excluding hydrogens is 364 g/mol. The molecule has 0 aromatic heterocycles. The van der Waals surface area contributed by atoms with Crippen LogP contribution in [0.25, 0.3) is 0 Å². The van der Waals surface area contributed by atoms with Gasteiger partial charge >= 0.3 is 5.97 Å². The van der Waals surface area contributed by atoms with E-state index in [0.717, 1.165) is 25.0 Å². The highest BCUT2D eigenvalue weighted by molar-refractivity contribution is 6.09. The Bertz CT molecular complexity index is 929. The van der Waals surface area contributed by atoms with Crippen molar-refractivity contribution in [2.24, 2.45) is 0 Å². The molecule has 0 N–H and O–H groups in total. The van der Waals surface area contributed by atoms with Gasteiger partial charge in [-0.25, -0.2) is 4.79 Å². The molecule has 3 aromatic carbocycles. The second-order valence-electron chi connectivity index (χ2n) is 6.69. The number of esters is 1. The first kappa shape index (κ1) is 20.3. The molecule has 0 amide bonds. The number of rotatable bonds is 9. The number of unbranched alkanes of at least 4 members (excludes halogenated alkanes) is 2. The van der Waals surface area contributed by atoms with E-state index < -0.39 is 5.97 Å². The summed E-state index contributed by atoms with van der Waals surface area (Å²) in [6.07, 6.45) is 3.30. The maximum Gasteiger partial charge on any atom is 0.343 e. The van der Waals surface area contributed by atoms with Gasteiger partial charge in [-0.3, -0.25) is 4.79 Å². The van der Waals surface area contributed by atoms with Crippen molar-refractivity contribution in [1.82, 2.24) is 0 Å². The molecule has 0 spiro atoms. The third-order valence-corrected chi connectivity index (χ3v) is 4.47. The lowest BCUT2D eigenvalue weighted by atomic mass is 10.0. The van der Waals surface area contributed by atoms with E-state index in [0.29, 0.717) is 29.0 Å². The molecule has 0 bridgehead atoms. The molecule has 0 heterocycles. The summed E-state index contributed by atoms with van der Waals surface area (Å²) in [6, 6.07) is 22.5. The molecular formula is C25H24O4. The Balaban J connectivity index is 1.57. The van der Waals surface area contributed by atoms with Crippen LogP contribution in [0, 0.1) is 0 Å². The van der Waals surface area contributed by atoms with Gasteiger partial charge in [-0.15, -0.1) is 0 Å². The summed E-state index contributed by atoms with van der Waals surface area (Å²) in [7, 11) is 0. The molecule has 4 heteroatoms. The molecule has 3 rings (SSSR count). The molecule has 3 aromatic rings. The predicted octanol–water partition coefficient (Wildman–Crippen LogP) is 5.71. The van der Waals surface area contributed by atoms with Crippen molar-refractivity contribution in [3.63, 3.8) is 0 Å². The molecule has 0 aliphatic heterocycles. The number of carbonyl (C=O) groups excluding carboxylic acids is 2. The van der Waals surface area contributed by atoms with Gasteiger partial charge in [0.25, 0.3) is 0 Å². The van der Waals surface area contributed by atoms with Gasteiger partial charge in [0.2, 0.25) is 0 Å². The fourth-order valence-corrected chi connectivity index (χ4v) is 2.83. The van der Waals surface area contributed by atoms with Crippen LogP contribution in [-0.2, 0) is 0 Å². The van der Waals surface area contributed by atoms with Crippen LogP contribution in [-0.4, -0.2) is 18.4 Å². The van der Waals surface area contributed by atoms with E-state index in [4.69, 9.17) is 9.47 Å². The van der Waals surface area contributed by atoms with Crippen LogP contribution in [0.15, 0.2) is 78.9 Å². The van der Waals surface area contributed by atoms with Crippen LogP contribution in [0.2, 0.25) is 0 Å². The highest BCUT2D eigenvalue weighted by Gasteiger charge is 2.11. The van der Waals surface area contributed by atoms with Crippen LogP contribution >= 0.6 is 0 Å². The van der Waals surface area contributed by atoms with Gasteiger partial charge in [-0.1, -0.05) is 50.1 Å². The Morgan fingerprint density at radius 1 is 0.690 bits per heavy atom. The molecule has 0 aliphatic carbocycles. The van der Waals surface area contributed by atoms with Crippen molar-refractivity contribution in [2.75, 3.05) is 6.61 Å². The van der Waals surface area contributed by atoms with Crippen LogP contribution in [0.3, 0.4) is 0 Å². The van der Waals surface area contributed by atoms with Gasteiger partial charge < -0.3 is 9.47 Å². The summed E-state index contributed by atoms with van der Waals surface area (Å²) < 4.78 is 11.1. The number of hydrogen-bond acceptors (Lipinski definition) is 4. The van der Waals surface area contributed by atoms with E-state index in [1.807, 2.05) is 18.2 Å². The molecule has 4 nitrogen and oxygen atoms in total. The fourth-order valence-electron chi connectivity index (χ4n) is 2.83. The zero-order valence-corrected chi connectivity index (χ0v) is 16.5. The van der Waals surface area contributed by atoms with Crippen molar-refractivity contribution in [1.29, 1.82) is 0 Å². The van der Waals surface area contributed by atoms with Crippen molar-refractivity contribution in [2.45, 2.75) is 26.2 Å². The molecule has 0 unspecified atom stereocenters. The summed E-state index contributed by atoms with van der Waals surface area (Å²) >= 11 is 0. The number of benzene rings is 3. The average Bonchev–Trinajstić information content (AvgIpc) is 2.78. The standard InChI is InChI=1S/C25H24O4/c1-2-3-7-18-28-22-14-12-21(13-15-22)25(27)29-23-16-10-20(11-17-23)24(26)19-8-5-4-6-9-19/h4-6,8-17H,2-3,7,18H2,1H3. The van der Waals surface area contributed by atoms with Crippen molar-refractivity contribution in [3.05, 3.63) is 95.6 Å². The third-order valence-electron chi connectivity index (χ3n) is 4.47. The van der Waals surface area contributed by atoms with E-state index in [1.165, 1.54) is 0 Å². The lowest BCUT2D eigenvalue weighted by molar-refractivity contribution is 0.0734. The van der Waals surface area contributed by atoms with Gasteiger partial charge in [0.15, 0.2) is 5.78 Å². The zero-order chi connectivity index (χ0) is 20.5. The topological polar surface area (TPSA) is 52.6 Å². The second kappa shape index (κ2) is 10.2. The van der Waals surface area contributed by atoms with E-state index in [9.17, 15) is 9.59 Å². The highest BCUT2D eigenvalue weighted by atomic mass is 16.5. The fraction of sp³-hybridized carbons (Fsp3) is 0.200. The molecule has 148 valence electrons. The summed E-state index contributed by atoms with van der Waals surface area (Å²) in [5.74, 6) is 0.601. The van der Waals surface area contributed by atoms with E-state index in [-0.39, 0.29) is 5.78 Å². The number of ether oxygens (including phenoxy) is 2. The summed E-state index contributed by atoms with van der Waals surface area (Å²) in [4.78, 5) is 24.8. The Hall–Kier alpha value is -3.40. The van der Waals surface area contributed by atoms with Crippen LogP contribution in [0.1, 0.15) is 52.5 Å². The monoisotopic (exact) mass is 388 g/mol. The maximum absolute atomic E-state index is 12.4. The van der Waals surface area contributed by atoms with Crippen LogP contribution in [0.5, 0.6) is 11.5 Å². The van der Waals surface area contributed by atoms with Crippen LogP contribution in [0.4, 0.5) is 0 Å². The normalized spacial score (nSPS) is 10.4. The van der Waals surface area contributed by atoms with Gasteiger partial charge in [0, 0.05) is 11.1 Å². The smallest absolute Gasteiger partial charge is 0.343 e. The molecule has 0 atom stereocenters. The minimum atomic E-state index is -0.454. The molecule has 0 fully saturated rings. The third kappa shape index (κ3) is 5.79. The van der Waals surface area contributed by atoms with Gasteiger partial charge in [-0.05, 0) is 55.0 Å². The van der Waals surface area contributed by atoms with Gasteiger partial charge in [0.05, 0.1) is 12.2 Å². The quantitative estimate of drug-likeness (QED) is 0.204. The minimum absolute atomic E-state index is 0.0713. The van der Waals surface area contributed by atoms with E-state index in [2.05, 4.69) is 6.92 Å². The lowest BCUT2D eigenvalue weighted by Crippen LogP contribution is -2.09. The number of carbonyl (C=O) groups is 2. The zero-order valence-electron chi connectivity index (χ0n) is 16.5. The molecule has 0 saturated carbocycles. The highest BCUT2D eigenvalue weighted by Crippen LogP contribution is 2.18. The SMILES string of the molecule is CCCCCOc1ccc(C(=O)Oc2ccc(C(=O)c3ccccc3)cc2)cc1. The maximum atomic E-state index is 12.4. The summed E-state index contributed by atoms with van der Waals surface area (Å²) in [5, 5.41) is 0. The summed E-state index contributed by atoms with van der Waals surface area (Å²) in [6.45, 7) is 2.82. The Morgan fingerprint density at radius 3 is 1.93 bits per heavy atom. The average molecular weight is 388 g/mol. The van der Waals surface area contributed by atoms with Crippen molar-refractivity contribution < 1.29 is 19.1 Å². The Morgan fingerprint density at radius 2 is 1.28 bits per heavy atom. The van der Waals surface area contributed by atoms with Crippen molar-refractivity contribution in [3.8, 4) is 11.5 Å². The largest absolute Gasteiger partial charge is 0.494 e. The van der Waals surface area contributed by atoms with E-state index in [1.54, 1.807) is 60.7 Å². The summed E-state index contributed by atoms with van der Waals surface area (Å²) in [5.41, 5.74) is 1.60. The molecule has 29 heavy (non-hydrogen) atoms. The minimum Gasteiger partial charge on any atom is -0.494 e. The number of hydrogen-bond donors (Lipinski definition) is 0. The Labute approximate surface area is 171 Å². The Kier molecular flexibility index (Phi) is 7.17. The molecule has 0 radical (unpaired) electrons. The molecule has 0 saturated heterocycles. The van der Waals surface area contributed by atoms with Crippen molar-refractivity contribution >= 4 is 11.8 Å². The lowest BCUT2D eigenvalue weighted by Gasteiger charge is -2.08. The first-order valence-electron chi connectivity index (χ1n) is 9.82. The van der Waals surface area contributed by atoms with Gasteiger partial charge in [-0.2, -0.15) is 0 Å². The van der Waals surface area contributed by atoms with Crippen LogP contribution < -0.4 is 9.47 Å².